The number of aromatic hydroxyl groups is 2. The molecule has 9 heteroatoms. The molecule has 1 amide bonds. The summed E-state index contributed by atoms with van der Waals surface area (Å²) in [5.74, 6) is 0.144. The van der Waals surface area contributed by atoms with Crippen LogP contribution in [0.4, 0.5) is 5.69 Å². The summed E-state index contributed by atoms with van der Waals surface area (Å²) in [5, 5.41) is 32.2. The molecule has 0 atom stereocenters. The molecule has 0 radical (unpaired) electrons. The summed E-state index contributed by atoms with van der Waals surface area (Å²) in [5.41, 5.74) is 1.60. The maximum atomic E-state index is 12.4. The molecule has 0 aliphatic heterocycles. The van der Waals surface area contributed by atoms with E-state index in [1.165, 1.54) is 23.9 Å². The van der Waals surface area contributed by atoms with Gasteiger partial charge in [0.2, 0.25) is 5.91 Å². The average Bonchev–Trinajstić information content (AvgIpc) is 3.19. The molecule has 0 fully saturated rings. The minimum absolute atomic E-state index is 0.0355. The van der Waals surface area contributed by atoms with Gasteiger partial charge in [0.25, 0.3) is 0 Å². The van der Waals surface area contributed by atoms with Gasteiger partial charge in [-0.2, -0.15) is 0 Å². The molecule has 156 valence electrons. The fraction of sp³-hybridized carbons (Fsp3) is 0.0455. The van der Waals surface area contributed by atoms with E-state index in [-0.39, 0.29) is 28.8 Å². The predicted molar refractivity (Wildman–Crippen MR) is 121 cm³/mol. The SMILES string of the molecule is O=C(CSc1nnc(-c2ccccc2O)n1-c1ccccc1)Nc1ccc(Cl)cc1O. The number of hydrogen-bond acceptors (Lipinski definition) is 6. The normalized spacial score (nSPS) is 10.7. The molecule has 7 nitrogen and oxygen atoms in total. The Balaban J connectivity index is 1.60. The van der Waals surface area contributed by atoms with Crippen molar-refractivity contribution >= 4 is 35.0 Å². The van der Waals surface area contributed by atoms with Crippen LogP contribution in [0.5, 0.6) is 11.5 Å². The number of para-hydroxylation sites is 2. The Labute approximate surface area is 187 Å². The van der Waals surface area contributed by atoms with Gasteiger partial charge in [0, 0.05) is 16.8 Å². The Kier molecular flexibility index (Phi) is 6.11. The highest BCUT2D eigenvalue weighted by Crippen LogP contribution is 2.33. The van der Waals surface area contributed by atoms with Crippen molar-refractivity contribution in [2.45, 2.75) is 5.16 Å². The van der Waals surface area contributed by atoms with Crippen LogP contribution < -0.4 is 5.32 Å². The second-order valence-electron chi connectivity index (χ2n) is 6.49. The number of aromatic nitrogens is 3. The Morgan fingerprint density at radius 1 is 0.968 bits per heavy atom. The quantitative estimate of drug-likeness (QED) is 0.289. The zero-order chi connectivity index (χ0) is 21.8. The molecule has 0 saturated heterocycles. The van der Waals surface area contributed by atoms with Crippen molar-refractivity contribution in [3.05, 3.63) is 77.8 Å². The van der Waals surface area contributed by atoms with Crippen molar-refractivity contribution < 1.29 is 15.0 Å². The van der Waals surface area contributed by atoms with E-state index in [0.717, 1.165) is 5.69 Å². The number of benzene rings is 3. The number of rotatable bonds is 6. The van der Waals surface area contributed by atoms with Crippen molar-refractivity contribution in [2.24, 2.45) is 0 Å². The lowest BCUT2D eigenvalue weighted by atomic mass is 10.2. The van der Waals surface area contributed by atoms with E-state index >= 15 is 0 Å². The lowest BCUT2D eigenvalue weighted by Gasteiger charge is -2.11. The molecule has 1 aromatic heterocycles. The minimum Gasteiger partial charge on any atom is -0.507 e. The van der Waals surface area contributed by atoms with Crippen LogP contribution in [0.2, 0.25) is 5.02 Å². The summed E-state index contributed by atoms with van der Waals surface area (Å²) in [6.07, 6.45) is 0. The van der Waals surface area contributed by atoms with Gasteiger partial charge in [-0.3, -0.25) is 9.36 Å². The number of anilines is 1. The highest BCUT2D eigenvalue weighted by Gasteiger charge is 2.19. The van der Waals surface area contributed by atoms with Crippen LogP contribution in [-0.2, 0) is 4.79 Å². The number of phenolic OH excluding ortho intramolecular Hbond substituents is 2. The molecule has 0 unspecified atom stereocenters. The zero-order valence-corrected chi connectivity index (χ0v) is 17.6. The fourth-order valence-corrected chi connectivity index (χ4v) is 3.86. The Hall–Kier alpha value is -3.49. The first-order valence-electron chi connectivity index (χ1n) is 9.23. The largest absolute Gasteiger partial charge is 0.507 e. The average molecular weight is 453 g/mol. The van der Waals surface area contributed by atoms with Gasteiger partial charge in [-0.05, 0) is 36.4 Å². The monoisotopic (exact) mass is 452 g/mol. The van der Waals surface area contributed by atoms with E-state index in [9.17, 15) is 15.0 Å². The summed E-state index contributed by atoms with van der Waals surface area (Å²) >= 11 is 7.01. The number of thioether (sulfide) groups is 1. The van der Waals surface area contributed by atoms with Gasteiger partial charge < -0.3 is 15.5 Å². The number of carbonyl (C=O) groups excluding carboxylic acids is 1. The molecule has 4 rings (SSSR count). The van der Waals surface area contributed by atoms with E-state index < -0.39 is 0 Å². The van der Waals surface area contributed by atoms with Gasteiger partial charge in [-0.1, -0.05) is 53.7 Å². The molecule has 31 heavy (non-hydrogen) atoms. The molecule has 0 aliphatic carbocycles. The molecule has 0 saturated carbocycles. The van der Waals surface area contributed by atoms with Crippen molar-refractivity contribution in [3.63, 3.8) is 0 Å². The lowest BCUT2D eigenvalue weighted by molar-refractivity contribution is -0.113. The summed E-state index contributed by atoms with van der Waals surface area (Å²) in [4.78, 5) is 12.4. The third-order valence-electron chi connectivity index (χ3n) is 4.36. The van der Waals surface area contributed by atoms with Crippen LogP contribution in [-0.4, -0.2) is 36.6 Å². The second-order valence-corrected chi connectivity index (χ2v) is 7.87. The van der Waals surface area contributed by atoms with Gasteiger partial charge in [-0.25, -0.2) is 0 Å². The topological polar surface area (TPSA) is 100 Å². The molecule has 0 spiro atoms. The van der Waals surface area contributed by atoms with Crippen LogP contribution in [0.3, 0.4) is 0 Å². The number of nitrogens with zero attached hydrogens (tertiary/aromatic N) is 3. The van der Waals surface area contributed by atoms with Crippen molar-refractivity contribution in [1.82, 2.24) is 14.8 Å². The van der Waals surface area contributed by atoms with E-state index in [2.05, 4.69) is 15.5 Å². The van der Waals surface area contributed by atoms with Crippen LogP contribution in [0, 0.1) is 0 Å². The Bertz CT molecular complexity index is 1230. The summed E-state index contributed by atoms with van der Waals surface area (Å²) in [6.45, 7) is 0. The minimum atomic E-state index is -0.325. The second kappa shape index (κ2) is 9.11. The Morgan fingerprint density at radius 3 is 2.45 bits per heavy atom. The van der Waals surface area contributed by atoms with Crippen LogP contribution in [0.1, 0.15) is 0 Å². The van der Waals surface area contributed by atoms with E-state index in [4.69, 9.17) is 11.6 Å². The van der Waals surface area contributed by atoms with E-state index in [1.807, 2.05) is 30.3 Å². The Morgan fingerprint density at radius 2 is 1.71 bits per heavy atom. The van der Waals surface area contributed by atoms with Crippen molar-refractivity contribution in [2.75, 3.05) is 11.1 Å². The number of carbonyl (C=O) groups is 1. The molecule has 1 heterocycles. The fourth-order valence-electron chi connectivity index (χ4n) is 2.94. The lowest BCUT2D eigenvalue weighted by Crippen LogP contribution is -2.14. The number of hydrogen-bond donors (Lipinski definition) is 3. The molecular weight excluding hydrogens is 436 g/mol. The summed E-state index contributed by atoms with van der Waals surface area (Å²) in [7, 11) is 0. The number of nitrogens with one attached hydrogen (secondary N) is 1. The van der Waals surface area contributed by atoms with Crippen LogP contribution >= 0.6 is 23.4 Å². The zero-order valence-electron chi connectivity index (χ0n) is 16.1. The maximum absolute atomic E-state index is 12.4. The van der Waals surface area contributed by atoms with Gasteiger partial charge in [-0.15, -0.1) is 10.2 Å². The predicted octanol–water partition coefficient (Wildman–Crippen LogP) is 4.73. The number of halogens is 1. The van der Waals surface area contributed by atoms with Crippen LogP contribution in [0.15, 0.2) is 78.0 Å². The highest BCUT2D eigenvalue weighted by atomic mass is 35.5. The maximum Gasteiger partial charge on any atom is 0.234 e. The van der Waals surface area contributed by atoms with Gasteiger partial charge in [0.15, 0.2) is 11.0 Å². The van der Waals surface area contributed by atoms with Crippen molar-refractivity contribution in [3.8, 4) is 28.6 Å². The summed E-state index contributed by atoms with van der Waals surface area (Å²) < 4.78 is 1.78. The standard InChI is InChI=1S/C22H17ClN4O3S/c23-14-10-11-17(19(29)12-14)24-20(30)13-31-22-26-25-21(16-8-4-5-9-18(16)28)27(22)15-6-2-1-3-7-15/h1-12,28-29H,13H2,(H,24,30). The number of amides is 1. The molecule has 0 aliphatic rings. The third kappa shape index (κ3) is 4.65. The molecule has 3 N–H and O–H groups in total. The first kappa shape index (κ1) is 20.8. The number of phenols is 2. The summed E-state index contributed by atoms with van der Waals surface area (Å²) in [6, 6.07) is 20.8. The van der Waals surface area contributed by atoms with Crippen LogP contribution in [0.25, 0.3) is 17.1 Å². The van der Waals surface area contributed by atoms with Gasteiger partial charge in [0.05, 0.1) is 17.0 Å². The third-order valence-corrected chi connectivity index (χ3v) is 5.52. The first-order valence-corrected chi connectivity index (χ1v) is 10.6. The smallest absolute Gasteiger partial charge is 0.234 e. The molecule has 4 aromatic rings. The van der Waals surface area contributed by atoms with E-state index in [0.29, 0.717) is 21.6 Å². The van der Waals surface area contributed by atoms with Gasteiger partial charge in [0.1, 0.15) is 11.5 Å². The highest BCUT2D eigenvalue weighted by molar-refractivity contribution is 7.99. The molecular formula is C22H17ClN4O3S. The molecule has 3 aromatic carbocycles. The first-order chi connectivity index (χ1) is 15.0. The molecule has 0 bridgehead atoms. The van der Waals surface area contributed by atoms with Crippen molar-refractivity contribution in [1.29, 1.82) is 0 Å². The van der Waals surface area contributed by atoms with E-state index in [1.54, 1.807) is 34.9 Å². The van der Waals surface area contributed by atoms with Gasteiger partial charge >= 0.3 is 0 Å².